The van der Waals surface area contributed by atoms with Gasteiger partial charge in [0.2, 0.25) is 17.6 Å². The van der Waals surface area contributed by atoms with Crippen molar-refractivity contribution in [1.82, 2.24) is 15.5 Å². The molecule has 2 rings (SSSR count). The van der Waals surface area contributed by atoms with E-state index < -0.39 is 0 Å². The van der Waals surface area contributed by atoms with Crippen LogP contribution in [0, 0.1) is 0 Å². The fourth-order valence-electron chi connectivity index (χ4n) is 1.28. The van der Waals surface area contributed by atoms with Gasteiger partial charge in [0.15, 0.2) is 0 Å². The molecule has 18 heavy (non-hydrogen) atoms. The summed E-state index contributed by atoms with van der Waals surface area (Å²) in [6.45, 7) is 0.134. The normalized spacial score (nSPS) is 9.61. The van der Waals surface area contributed by atoms with E-state index in [9.17, 15) is 4.79 Å². The number of rotatable bonds is 4. The van der Waals surface area contributed by atoms with Crippen molar-refractivity contribution in [2.24, 2.45) is 5.73 Å². The van der Waals surface area contributed by atoms with Crippen LogP contribution in [0.3, 0.4) is 0 Å². The Balaban J connectivity index is 0.00000162. The summed E-state index contributed by atoms with van der Waals surface area (Å²) in [4.78, 5) is 15.1. The molecule has 0 atom stereocenters. The quantitative estimate of drug-likeness (QED) is 0.853. The summed E-state index contributed by atoms with van der Waals surface area (Å²) in [5.41, 5.74) is 6.02. The maximum Gasteiger partial charge on any atom is 0.246 e. The highest BCUT2D eigenvalue weighted by atomic mass is 35.5. The maximum absolute atomic E-state index is 10.9. The van der Waals surface area contributed by atoms with Crippen molar-refractivity contribution in [3.05, 3.63) is 36.2 Å². The first-order valence-corrected chi connectivity index (χ1v) is 5.14. The van der Waals surface area contributed by atoms with Crippen molar-refractivity contribution >= 4 is 18.3 Å². The summed E-state index contributed by atoms with van der Waals surface area (Å²) in [5, 5.41) is 6.37. The second-order valence-electron chi connectivity index (χ2n) is 3.36. The van der Waals surface area contributed by atoms with Gasteiger partial charge in [0.1, 0.15) is 0 Å². The van der Waals surface area contributed by atoms with Gasteiger partial charge in [-0.1, -0.05) is 35.5 Å². The number of nitrogens with one attached hydrogen (secondary N) is 1. The van der Waals surface area contributed by atoms with E-state index in [4.69, 9.17) is 10.3 Å². The molecule has 0 fully saturated rings. The molecule has 3 N–H and O–H groups in total. The van der Waals surface area contributed by atoms with Gasteiger partial charge in [0.25, 0.3) is 0 Å². The minimum absolute atomic E-state index is 0. The third-order valence-electron chi connectivity index (χ3n) is 2.12. The Morgan fingerprint density at radius 3 is 2.72 bits per heavy atom. The Bertz CT molecular complexity index is 501. The fourth-order valence-corrected chi connectivity index (χ4v) is 1.28. The van der Waals surface area contributed by atoms with Gasteiger partial charge < -0.3 is 15.6 Å². The number of halogens is 1. The van der Waals surface area contributed by atoms with Crippen molar-refractivity contribution in [3.63, 3.8) is 0 Å². The van der Waals surface area contributed by atoms with Crippen molar-refractivity contribution < 1.29 is 9.32 Å². The number of hydrogen-bond donors (Lipinski definition) is 2. The van der Waals surface area contributed by atoms with Crippen LogP contribution in [-0.2, 0) is 11.3 Å². The van der Waals surface area contributed by atoms with Gasteiger partial charge in [-0.3, -0.25) is 4.79 Å². The zero-order chi connectivity index (χ0) is 12.1. The minimum atomic E-state index is -0.260. The number of benzene rings is 1. The molecular weight excluding hydrogens is 256 g/mol. The van der Waals surface area contributed by atoms with E-state index >= 15 is 0 Å². The summed E-state index contributed by atoms with van der Waals surface area (Å²) >= 11 is 0. The average molecular weight is 269 g/mol. The second-order valence-corrected chi connectivity index (χ2v) is 3.36. The first-order chi connectivity index (χ1) is 8.29. The van der Waals surface area contributed by atoms with Crippen LogP contribution in [0.15, 0.2) is 34.9 Å². The second kappa shape index (κ2) is 6.73. The van der Waals surface area contributed by atoms with Crippen molar-refractivity contribution in [2.75, 3.05) is 6.54 Å². The molecule has 1 heterocycles. The Morgan fingerprint density at radius 1 is 1.33 bits per heavy atom. The largest absolute Gasteiger partial charge is 0.346 e. The lowest BCUT2D eigenvalue weighted by Gasteiger charge is -1.97. The molecule has 6 nitrogen and oxygen atoms in total. The molecule has 0 bridgehead atoms. The Morgan fingerprint density at radius 2 is 2.06 bits per heavy atom. The summed E-state index contributed by atoms with van der Waals surface area (Å²) in [7, 11) is 0. The van der Waals surface area contributed by atoms with E-state index in [1.165, 1.54) is 0 Å². The summed E-state index contributed by atoms with van der Waals surface area (Å²) in [5.74, 6) is 0.595. The Kier molecular flexibility index (Phi) is 5.29. The number of carbonyl (C=O) groups excluding carboxylic acids is 1. The Labute approximate surface area is 110 Å². The smallest absolute Gasteiger partial charge is 0.246 e. The lowest BCUT2D eigenvalue weighted by molar-refractivity contribution is -0.120. The average Bonchev–Trinajstić information content (AvgIpc) is 2.86. The number of amides is 1. The van der Waals surface area contributed by atoms with Gasteiger partial charge in [0.05, 0.1) is 13.1 Å². The first-order valence-electron chi connectivity index (χ1n) is 5.14. The first kappa shape index (κ1) is 14.1. The molecular formula is C11H13ClN4O2. The number of carbonyl (C=O) groups is 1. The third-order valence-corrected chi connectivity index (χ3v) is 2.12. The van der Waals surface area contributed by atoms with Crippen LogP contribution in [0.25, 0.3) is 11.4 Å². The Hall–Kier alpha value is -1.92. The van der Waals surface area contributed by atoms with Crippen LogP contribution < -0.4 is 11.1 Å². The van der Waals surface area contributed by atoms with E-state index in [2.05, 4.69) is 15.5 Å². The van der Waals surface area contributed by atoms with Gasteiger partial charge in [-0.15, -0.1) is 12.4 Å². The van der Waals surface area contributed by atoms with Crippen molar-refractivity contribution in [1.29, 1.82) is 0 Å². The zero-order valence-corrected chi connectivity index (χ0v) is 10.3. The van der Waals surface area contributed by atoms with Gasteiger partial charge in [-0.05, 0) is 0 Å². The molecule has 0 aliphatic carbocycles. The molecule has 96 valence electrons. The van der Waals surface area contributed by atoms with Crippen molar-refractivity contribution in [2.45, 2.75) is 6.54 Å². The van der Waals surface area contributed by atoms with Crippen LogP contribution in [0.4, 0.5) is 0 Å². The van der Waals surface area contributed by atoms with Gasteiger partial charge in [-0.25, -0.2) is 0 Å². The molecule has 7 heteroatoms. The van der Waals surface area contributed by atoms with E-state index in [-0.39, 0.29) is 31.4 Å². The number of nitrogens with two attached hydrogens (primary N) is 1. The molecule has 0 spiro atoms. The van der Waals surface area contributed by atoms with E-state index in [0.717, 1.165) is 5.56 Å². The lowest BCUT2D eigenvalue weighted by Crippen LogP contribution is -2.29. The highest BCUT2D eigenvalue weighted by Crippen LogP contribution is 2.14. The van der Waals surface area contributed by atoms with Crippen LogP contribution in [0.2, 0.25) is 0 Å². The maximum atomic E-state index is 10.9. The predicted molar refractivity (Wildman–Crippen MR) is 67.9 cm³/mol. The number of hydrogen-bond acceptors (Lipinski definition) is 5. The zero-order valence-electron chi connectivity index (χ0n) is 9.50. The van der Waals surface area contributed by atoms with E-state index in [0.29, 0.717) is 11.7 Å². The van der Waals surface area contributed by atoms with Crippen molar-refractivity contribution in [3.8, 4) is 11.4 Å². The topological polar surface area (TPSA) is 94.0 Å². The SMILES string of the molecule is Cl.NCC(=O)NCc1nc(-c2ccccc2)no1. The van der Waals surface area contributed by atoms with Crippen LogP contribution in [0.1, 0.15) is 5.89 Å². The molecule has 1 amide bonds. The summed E-state index contributed by atoms with van der Waals surface area (Å²) < 4.78 is 5.00. The minimum Gasteiger partial charge on any atom is -0.346 e. The molecule has 1 aromatic carbocycles. The molecule has 0 aliphatic rings. The molecule has 0 aliphatic heterocycles. The summed E-state index contributed by atoms with van der Waals surface area (Å²) in [6, 6.07) is 9.45. The van der Waals surface area contributed by atoms with Crippen LogP contribution in [0.5, 0.6) is 0 Å². The molecule has 1 aromatic heterocycles. The standard InChI is InChI=1S/C11H12N4O2.ClH/c12-6-9(16)13-7-10-14-11(15-17-10)8-4-2-1-3-5-8;/h1-5H,6-7,12H2,(H,13,16);1H. The highest BCUT2D eigenvalue weighted by Gasteiger charge is 2.08. The molecule has 0 saturated carbocycles. The van der Waals surface area contributed by atoms with Gasteiger partial charge in [0, 0.05) is 5.56 Å². The monoisotopic (exact) mass is 268 g/mol. The summed E-state index contributed by atoms with van der Waals surface area (Å²) in [6.07, 6.45) is 0. The van der Waals surface area contributed by atoms with Crippen LogP contribution in [-0.4, -0.2) is 22.6 Å². The predicted octanol–water partition coefficient (Wildman–Crippen LogP) is 0.733. The van der Waals surface area contributed by atoms with Gasteiger partial charge in [-0.2, -0.15) is 4.98 Å². The number of aromatic nitrogens is 2. The van der Waals surface area contributed by atoms with E-state index in [1.807, 2.05) is 30.3 Å². The number of nitrogens with zero attached hydrogens (tertiary/aromatic N) is 2. The van der Waals surface area contributed by atoms with E-state index in [1.54, 1.807) is 0 Å². The molecule has 0 unspecified atom stereocenters. The molecule has 0 radical (unpaired) electrons. The molecule has 0 saturated heterocycles. The van der Waals surface area contributed by atoms with Crippen LogP contribution >= 0.6 is 12.4 Å². The molecule has 2 aromatic rings. The fraction of sp³-hybridized carbons (Fsp3) is 0.182. The third kappa shape index (κ3) is 3.54. The van der Waals surface area contributed by atoms with Gasteiger partial charge >= 0.3 is 0 Å². The lowest BCUT2D eigenvalue weighted by atomic mass is 10.2. The highest BCUT2D eigenvalue weighted by molar-refractivity contribution is 5.85.